The van der Waals surface area contributed by atoms with Gasteiger partial charge in [-0.3, -0.25) is 0 Å². The van der Waals surface area contributed by atoms with E-state index in [4.69, 9.17) is 16.3 Å². The number of aliphatic hydroxyl groups is 1. The molecule has 0 bridgehead atoms. The third-order valence-electron chi connectivity index (χ3n) is 3.06. The maximum absolute atomic E-state index is 13.4. The molecule has 2 rings (SSSR count). The SMILES string of the molecule is COc1ccc(C(O)c2cc(C)c(F)cc2Cl)cc1Br. The minimum absolute atomic E-state index is 0.201. The van der Waals surface area contributed by atoms with Crippen molar-refractivity contribution in [1.29, 1.82) is 0 Å². The summed E-state index contributed by atoms with van der Waals surface area (Å²) in [4.78, 5) is 0. The Morgan fingerprint density at radius 1 is 1.30 bits per heavy atom. The maximum Gasteiger partial charge on any atom is 0.133 e. The van der Waals surface area contributed by atoms with Crippen LogP contribution in [0.3, 0.4) is 0 Å². The van der Waals surface area contributed by atoms with E-state index in [1.165, 1.54) is 6.07 Å². The lowest BCUT2D eigenvalue weighted by Gasteiger charge is -2.15. The van der Waals surface area contributed by atoms with Crippen LogP contribution in [-0.2, 0) is 0 Å². The van der Waals surface area contributed by atoms with Gasteiger partial charge in [0.1, 0.15) is 17.7 Å². The van der Waals surface area contributed by atoms with Crippen LogP contribution in [-0.4, -0.2) is 12.2 Å². The fraction of sp³-hybridized carbons (Fsp3) is 0.200. The molecule has 0 heterocycles. The van der Waals surface area contributed by atoms with Crippen LogP contribution in [0.4, 0.5) is 4.39 Å². The maximum atomic E-state index is 13.4. The van der Waals surface area contributed by atoms with E-state index in [1.807, 2.05) is 0 Å². The zero-order valence-corrected chi connectivity index (χ0v) is 13.3. The van der Waals surface area contributed by atoms with Crippen molar-refractivity contribution >= 4 is 27.5 Å². The minimum Gasteiger partial charge on any atom is -0.496 e. The summed E-state index contributed by atoms with van der Waals surface area (Å²) in [6.45, 7) is 1.63. The lowest BCUT2D eigenvalue weighted by atomic mass is 9.99. The number of benzene rings is 2. The summed E-state index contributed by atoms with van der Waals surface area (Å²) >= 11 is 9.37. The molecule has 0 saturated heterocycles. The van der Waals surface area contributed by atoms with Gasteiger partial charge < -0.3 is 9.84 Å². The topological polar surface area (TPSA) is 29.5 Å². The lowest BCUT2D eigenvalue weighted by Crippen LogP contribution is -2.02. The smallest absolute Gasteiger partial charge is 0.133 e. The number of aryl methyl sites for hydroxylation is 1. The molecule has 0 radical (unpaired) electrons. The Balaban J connectivity index is 2.43. The zero-order valence-electron chi connectivity index (χ0n) is 11.0. The third-order valence-corrected chi connectivity index (χ3v) is 4.01. The van der Waals surface area contributed by atoms with E-state index in [-0.39, 0.29) is 10.8 Å². The van der Waals surface area contributed by atoms with Crippen molar-refractivity contribution in [1.82, 2.24) is 0 Å². The fourth-order valence-corrected chi connectivity index (χ4v) is 2.73. The van der Waals surface area contributed by atoms with Gasteiger partial charge in [-0.25, -0.2) is 4.39 Å². The average Bonchev–Trinajstić information content (AvgIpc) is 2.42. The van der Waals surface area contributed by atoms with Crippen LogP contribution >= 0.6 is 27.5 Å². The molecule has 0 amide bonds. The lowest BCUT2D eigenvalue weighted by molar-refractivity contribution is 0.220. The highest BCUT2D eigenvalue weighted by Gasteiger charge is 2.17. The summed E-state index contributed by atoms with van der Waals surface area (Å²) < 4.78 is 19.3. The third kappa shape index (κ3) is 2.97. The summed E-state index contributed by atoms with van der Waals surface area (Å²) in [5, 5.41) is 10.6. The van der Waals surface area contributed by atoms with Crippen molar-refractivity contribution in [2.24, 2.45) is 0 Å². The van der Waals surface area contributed by atoms with E-state index in [0.717, 1.165) is 4.47 Å². The predicted molar refractivity (Wildman–Crippen MR) is 80.9 cm³/mol. The monoisotopic (exact) mass is 358 g/mol. The summed E-state index contributed by atoms with van der Waals surface area (Å²) in [6.07, 6.45) is -0.927. The molecule has 2 aromatic carbocycles. The highest BCUT2D eigenvalue weighted by molar-refractivity contribution is 9.10. The molecule has 0 saturated carbocycles. The second kappa shape index (κ2) is 6.12. The number of rotatable bonds is 3. The fourth-order valence-electron chi connectivity index (χ4n) is 1.92. The van der Waals surface area contributed by atoms with E-state index in [2.05, 4.69) is 15.9 Å². The molecule has 1 N–H and O–H groups in total. The number of hydrogen-bond donors (Lipinski definition) is 1. The molecule has 0 aliphatic heterocycles. The van der Waals surface area contributed by atoms with Crippen molar-refractivity contribution in [2.75, 3.05) is 7.11 Å². The van der Waals surface area contributed by atoms with E-state index in [0.29, 0.717) is 22.4 Å². The van der Waals surface area contributed by atoms with Gasteiger partial charge in [0.05, 0.1) is 11.6 Å². The van der Waals surface area contributed by atoms with Crippen LogP contribution in [0, 0.1) is 12.7 Å². The first-order chi connectivity index (χ1) is 9.43. The summed E-state index contributed by atoms with van der Waals surface area (Å²) in [5.74, 6) is 0.282. The normalized spacial score (nSPS) is 12.3. The number of aliphatic hydroxyl groups excluding tert-OH is 1. The molecule has 0 aromatic heterocycles. The van der Waals surface area contributed by atoms with Gasteiger partial charge >= 0.3 is 0 Å². The van der Waals surface area contributed by atoms with Crippen LogP contribution in [0.1, 0.15) is 22.8 Å². The van der Waals surface area contributed by atoms with E-state index in [9.17, 15) is 9.50 Å². The summed E-state index contributed by atoms with van der Waals surface area (Å²) in [7, 11) is 1.57. The molecule has 20 heavy (non-hydrogen) atoms. The molecule has 0 aliphatic rings. The van der Waals surface area contributed by atoms with Gasteiger partial charge in [-0.2, -0.15) is 0 Å². The standard InChI is InChI=1S/C15H13BrClFO2/c1-8-5-10(12(17)7-13(8)18)15(19)9-3-4-14(20-2)11(16)6-9/h3-7,15,19H,1-2H3. The molecule has 1 unspecified atom stereocenters. The first-order valence-corrected chi connectivity index (χ1v) is 7.08. The Labute approximate surface area is 130 Å². The molecule has 1 atom stereocenters. The van der Waals surface area contributed by atoms with Crippen LogP contribution < -0.4 is 4.74 Å². The van der Waals surface area contributed by atoms with Crippen molar-refractivity contribution in [3.63, 3.8) is 0 Å². The van der Waals surface area contributed by atoms with Crippen LogP contribution in [0.25, 0.3) is 0 Å². The van der Waals surface area contributed by atoms with Crippen LogP contribution in [0.2, 0.25) is 5.02 Å². The number of halogens is 3. The Bertz CT molecular complexity index is 646. The molecule has 2 nitrogen and oxygen atoms in total. The highest BCUT2D eigenvalue weighted by atomic mass is 79.9. The average molecular weight is 360 g/mol. The van der Waals surface area contributed by atoms with Gasteiger partial charge in [0.25, 0.3) is 0 Å². The van der Waals surface area contributed by atoms with Crippen molar-refractivity contribution in [3.8, 4) is 5.75 Å². The van der Waals surface area contributed by atoms with E-state index < -0.39 is 6.10 Å². The Morgan fingerprint density at radius 2 is 2.00 bits per heavy atom. The quantitative estimate of drug-likeness (QED) is 0.865. The van der Waals surface area contributed by atoms with Gasteiger partial charge in [-0.1, -0.05) is 17.7 Å². The van der Waals surface area contributed by atoms with Gasteiger partial charge in [-0.05, 0) is 58.2 Å². The van der Waals surface area contributed by atoms with Crippen molar-refractivity contribution in [3.05, 3.63) is 62.3 Å². The first-order valence-electron chi connectivity index (χ1n) is 5.91. The Hall–Kier alpha value is -1.10. The predicted octanol–water partition coefficient (Wildman–Crippen LogP) is 4.64. The minimum atomic E-state index is -0.927. The number of hydrogen-bond acceptors (Lipinski definition) is 2. The Morgan fingerprint density at radius 3 is 2.60 bits per heavy atom. The summed E-state index contributed by atoms with van der Waals surface area (Å²) in [5.41, 5.74) is 1.56. The van der Waals surface area contributed by atoms with Crippen LogP contribution in [0.5, 0.6) is 5.75 Å². The highest BCUT2D eigenvalue weighted by Crippen LogP contribution is 2.34. The summed E-state index contributed by atoms with van der Waals surface area (Å²) in [6, 6.07) is 8.00. The molecule has 0 fully saturated rings. The molecular weight excluding hydrogens is 347 g/mol. The number of methoxy groups -OCH3 is 1. The van der Waals surface area contributed by atoms with Crippen molar-refractivity contribution in [2.45, 2.75) is 13.0 Å². The molecular formula is C15H13BrClFO2. The molecule has 0 spiro atoms. The molecule has 5 heteroatoms. The second-order valence-corrected chi connectivity index (χ2v) is 5.68. The second-order valence-electron chi connectivity index (χ2n) is 4.42. The zero-order chi connectivity index (χ0) is 14.9. The van der Waals surface area contributed by atoms with Gasteiger partial charge in [0.15, 0.2) is 0 Å². The van der Waals surface area contributed by atoms with Crippen LogP contribution in [0.15, 0.2) is 34.8 Å². The Kier molecular flexibility index (Phi) is 4.68. The first kappa shape index (κ1) is 15.3. The van der Waals surface area contributed by atoms with Gasteiger partial charge in [-0.15, -0.1) is 0 Å². The van der Waals surface area contributed by atoms with Crippen molar-refractivity contribution < 1.29 is 14.2 Å². The number of ether oxygens (including phenoxy) is 1. The largest absolute Gasteiger partial charge is 0.496 e. The van der Waals surface area contributed by atoms with E-state index >= 15 is 0 Å². The van der Waals surface area contributed by atoms with Gasteiger partial charge in [0, 0.05) is 10.6 Å². The molecule has 2 aromatic rings. The molecule has 106 valence electrons. The molecule has 0 aliphatic carbocycles. The van der Waals surface area contributed by atoms with E-state index in [1.54, 1.807) is 38.3 Å². The van der Waals surface area contributed by atoms with Gasteiger partial charge in [0.2, 0.25) is 0 Å².